The van der Waals surface area contributed by atoms with Crippen molar-refractivity contribution in [1.29, 1.82) is 0 Å². The van der Waals surface area contributed by atoms with Crippen LogP contribution in [0.5, 0.6) is 0 Å². The van der Waals surface area contributed by atoms with Crippen LogP contribution in [0.3, 0.4) is 0 Å². The number of benzene rings is 3. The fraction of sp³-hybridized carbons (Fsp3) is 0.286. The number of carbonyl (C=O) groups excluding carboxylic acids is 2. The van der Waals surface area contributed by atoms with Crippen molar-refractivity contribution in [1.82, 2.24) is 9.88 Å². The van der Waals surface area contributed by atoms with Crippen LogP contribution in [0.15, 0.2) is 91.1 Å². The Morgan fingerprint density at radius 1 is 0.950 bits per heavy atom. The Bertz CT molecular complexity index is 1520. The highest BCUT2D eigenvalue weighted by atomic mass is 16.5. The first-order chi connectivity index (χ1) is 19.6. The average molecular weight is 531 g/mol. The van der Waals surface area contributed by atoms with Crippen molar-refractivity contribution in [3.05, 3.63) is 125 Å². The Morgan fingerprint density at radius 3 is 2.60 bits per heavy atom. The number of fused-ring (bicyclic) bond motifs is 1. The molecule has 2 unspecified atom stereocenters. The van der Waals surface area contributed by atoms with Gasteiger partial charge in [-0.2, -0.15) is 0 Å². The van der Waals surface area contributed by atoms with Crippen LogP contribution in [0.1, 0.15) is 57.1 Å². The molecule has 1 aromatic heterocycles. The number of hydrogen-bond donors (Lipinski definition) is 0. The predicted octanol–water partition coefficient (Wildman–Crippen LogP) is 6.40. The number of hydrogen-bond acceptors (Lipinski definition) is 5. The van der Waals surface area contributed by atoms with Gasteiger partial charge in [0.15, 0.2) is 0 Å². The highest BCUT2D eigenvalue weighted by Crippen LogP contribution is 2.48. The molecule has 0 saturated heterocycles. The molecule has 3 aromatic carbocycles. The summed E-state index contributed by atoms with van der Waals surface area (Å²) in [4.78, 5) is 32.4. The van der Waals surface area contributed by atoms with Crippen LogP contribution >= 0.6 is 0 Å². The lowest BCUT2D eigenvalue weighted by molar-refractivity contribution is -0.120. The minimum atomic E-state index is -0.332. The highest BCUT2D eigenvalue weighted by Gasteiger charge is 2.43. The number of esters is 1. The largest absolute Gasteiger partial charge is 0.465 e. The molecule has 2 aliphatic rings. The summed E-state index contributed by atoms with van der Waals surface area (Å²) in [6, 6.07) is 28.5. The molecular formula is C35H34N2O3. The Kier molecular flexibility index (Phi) is 7.56. The minimum Gasteiger partial charge on any atom is -0.465 e. The number of ketones is 1. The van der Waals surface area contributed by atoms with Gasteiger partial charge in [-0.05, 0) is 82.8 Å². The second-order valence-electron chi connectivity index (χ2n) is 10.9. The summed E-state index contributed by atoms with van der Waals surface area (Å²) in [5.74, 6) is 0.569. The molecule has 5 heteroatoms. The molecule has 1 fully saturated rings. The van der Waals surface area contributed by atoms with E-state index in [4.69, 9.17) is 4.74 Å². The van der Waals surface area contributed by atoms with Crippen LogP contribution in [0.4, 0.5) is 0 Å². The Hall–Kier alpha value is -4.09. The molecule has 40 heavy (non-hydrogen) atoms. The van der Waals surface area contributed by atoms with Gasteiger partial charge in [0, 0.05) is 38.2 Å². The molecule has 2 atom stereocenters. The summed E-state index contributed by atoms with van der Waals surface area (Å²) in [7, 11) is 1.41. The average Bonchev–Trinajstić information content (AvgIpc) is 3.82. The van der Waals surface area contributed by atoms with E-state index in [9.17, 15) is 9.59 Å². The number of nitrogens with zero attached hydrogens (tertiary/aromatic N) is 2. The summed E-state index contributed by atoms with van der Waals surface area (Å²) in [5.41, 5.74) is 8.94. The molecule has 202 valence electrons. The maximum Gasteiger partial charge on any atom is 0.337 e. The minimum absolute atomic E-state index is 0.152. The zero-order valence-corrected chi connectivity index (χ0v) is 22.9. The standard InChI is InChI=1S/C35H34N2O3/c1-40-35(39)27-11-7-10-26(20-27)29-15-13-25(14-16-34(38)32-21-31(32)24-8-3-2-4-9-24)33-23-37(19-17-30(29)33)22-28-12-5-6-18-36-28/h2-13,15,18,20,31-32H,14,16-17,19,21-23H2,1H3. The van der Waals surface area contributed by atoms with Crippen molar-refractivity contribution in [2.75, 3.05) is 13.7 Å². The van der Waals surface area contributed by atoms with E-state index < -0.39 is 0 Å². The van der Waals surface area contributed by atoms with Crippen molar-refractivity contribution >= 4 is 11.8 Å². The summed E-state index contributed by atoms with van der Waals surface area (Å²) in [6.07, 6.45) is 5.03. The van der Waals surface area contributed by atoms with Gasteiger partial charge in [0.05, 0.1) is 18.4 Å². The van der Waals surface area contributed by atoms with Crippen LogP contribution in [-0.4, -0.2) is 35.3 Å². The van der Waals surface area contributed by atoms with E-state index in [0.717, 1.165) is 55.7 Å². The number of carbonyl (C=O) groups is 2. The lowest BCUT2D eigenvalue weighted by atomic mass is 9.85. The van der Waals surface area contributed by atoms with Crippen LogP contribution in [0.2, 0.25) is 0 Å². The first kappa shape index (κ1) is 26.1. The third kappa shape index (κ3) is 5.61. The molecule has 0 bridgehead atoms. The third-order valence-electron chi connectivity index (χ3n) is 8.37. The first-order valence-electron chi connectivity index (χ1n) is 14.1. The van der Waals surface area contributed by atoms with E-state index in [1.54, 1.807) is 6.07 Å². The van der Waals surface area contributed by atoms with Crippen molar-refractivity contribution in [3.63, 3.8) is 0 Å². The van der Waals surface area contributed by atoms with Crippen LogP contribution in [-0.2, 0) is 35.5 Å². The maximum absolute atomic E-state index is 13.2. The molecular weight excluding hydrogens is 496 g/mol. The number of aromatic nitrogens is 1. The lowest BCUT2D eigenvalue weighted by Crippen LogP contribution is -2.31. The summed E-state index contributed by atoms with van der Waals surface area (Å²) < 4.78 is 4.96. The van der Waals surface area contributed by atoms with E-state index in [1.807, 2.05) is 36.5 Å². The molecule has 5 nitrogen and oxygen atoms in total. The van der Waals surface area contributed by atoms with Crippen molar-refractivity contribution in [2.24, 2.45) is 5.92 Å². The fourth-order valence-corrected chi connectivity index (χ4v) is 6.15. The number of rotatable bonds is 9. The molecule has 1 aliphatic carbocycles. The van der Waals surface area contributed by atoms with Gasteiger partial charge in [-0.25, -0.2) is 4.79 Å². The number of Topliss-reactive ketones (excluding diaryl/α,β-unsaturated/α-hetero) is 1. The smallest absolute Gasteiger partial charge is 0.337 e. The normalized spacial score (nSPS) is 18.1. The van der Waals surface area contributed by atoms with E-state index in [0.29, 0.717) is 23.7 Å². The van der Waals surface area contributed by atoms with Gasteiger partial charge in [-0.3, -0.25) is 14.7 Å². The molecule has 6 rings (SSSR count). The second-order valence-corrected chi connectivity index (χ2v) is 10.9. The van der Waals surface area contributed by atoms with Gasteiger partial charge in [0.2, 0.25) is 0 Å². The monoisotopic (exact) mass is 530 g/mol. The van der Waals surface area contributed by atoms with E-state index in [2.05, 4.69) is 58.4 Å². The quantitative estimate of drug-likeness (QED) is 0.234. The zero-order chi connectivity index (χ0) is 27.5. The number of methoxy groups -OCH3 is 1. The fourth-order valence-electron chi connectivity index (χ4n) is 6.15. The molecule has 0 radical (unpaired) electrons. The Balaban J connectivity index is 1.25. The van der Waals surface area contributed by atoms with Crippen molar-refractivity contribution in [3.8, 4) is 11.1 Å². The summed E-state index contributed by atoms with van der Waals surface area (Å²) in [5, 5.41) is 0. The maximum atomic E-state index is 13.2. The van der Waals surface area contributed by atoms with Crippen molar-refractivity contribution < 1.29 is 14.3 Å². The number of pyridine rings is 1. The molecule has 4 aromatic rings. The SMILES string of the molecule is COC(=O)c1cccc(-c2ccc(CCC(=O)C3CC3c3ccccc3)c3c2CCN(Cc2ccccn2)C3)c1. The van der Waals surface area contributed by atoms with Gasteiger partial charge >= 0.3 is 5.97 Å². The Labute approximate surface area is 235 Å². The van der Waals surface area contributed by atoms with Gasteiger partial charge < -0.3 is 4.74 Å². The van der Waals surface area contributed by atoms with E-state index in [1.165, 1.54) is 29.4 Å². The Morgan fingerprint density at radius 2 is 1.80 bits per heavy atom. The van der Waals surface area contributed by atoms with Gasteiger partial charge in [-0.1, -0.05) is 60.7 Å². The summed E-state index contributed by atoms with van der Waals surface area (Å²) in [6.45, 7) is 2.54. The molecule has 0 spiro atoms. The molecule has 1 saturated carbocycles. The molecule has 2 heterocycles. The summed E-state index contributed by atoms with van der Waals surface area (Å²) >= 11 is 0. The first-order valence-corrected chi connectivity index (χ1v) is 14.1. The molecule has 1 aliphatic heterocycles. The van der Waals surface area contributed by atoms with Gasteiger partial charge in [0.25, 0.3) is 0 Å². The van der Waals surface area contributed by atoms with Crippen LogP contribution in [0, 0.1) is 5.92 Å². The van der Waals surface area contributed by atoms with Crippen LogP contribution in [0.25, 0.3) is 11.1 Å². The number of ether oxygens (including phenoxy) is 1. The van der Waals surface area contributed by atoms with Crippen molar-refractivity contribution in [2.45, 2.75) is 44.7 Å². The number of aryl methyl sites for hydroxylation is 1. The second kappa shape index (κ2) is 11.6. The predicted molar refractivity (Wildman–Crippen MR) is 156 cm³/mol. The third-order valence-corrected chi connectivity index (χ3v) is 8.37. The van der Waals surface area contributed by atoms with Crippen LogP contribution < -0.4 is 0 Å². The topological polar surface area (TPSA) is 59.5 Å². The van der Waals surface area contributed by atoms with Gasteiger partial charge in [0.1, 0.15) is 5.78 Å². The molecule has 0 N–H and O–H groups in total. The molecule has 0 amide bonds. The van der Waals surface area contributed by atoms with E-state index in [-0.39, 0.29) is 11.9 Å². The lowest BCUT2D eigenvalue weighted by Gasteiger charge is -2.32. The van der Waals surface area contributed by atoms with Gasteiger partial charge in [-0.15, -0.1) is 0 Å². The zero-order valence-electron chi connectivity index (χ0n) is 22.9. The van der Waals surface area contributed by atoms with E-state index >= 15 is 0 Å². The highest BCUT2D eigenvalue weighted by molar-refractivity contribution is 5.91.